The number of benzene rings is 5. The Kier molecular flexibility index (Phi) is 8.17. The fraction of sp³-hybridized carbons (Fsp3) is 0.0882. The molecule has 10 heteroatoms. The third-order valence-electron chi connectivity index (χ3n) is 6.62. The molecule has 0 fully saturated rings. The molecule has 0 aliphatic carbocycles. The molecule has 0 spiro atoms. The third-order valence-corrected chi connectivity index (χ3v) is 6.62. The van der Waals surface area contributed by atoms with Crippen LogP contribution in [0.4, 0.5) is 17.6 Å². The molecule has 5 aromatic carbocycles. The van der Waals surface area contributed by atoms with Crippen LogP contribution in [0, 0.1) is 18.6 Å². The molecule has 0 radical (unpaired) electrons. The highest BCUT2D eigenvalue weighted by Crippen LogP contribution is 2.42. The van der Waals surface area contributed by atoms with Gasteiger partial charge in [-0.15, -0.1) is 0 Å². The van der Waals surface area contributed by atoms with Gasteiger partial charge in [0.25, 0.3) is 0 Å². The number of carbonyl (C=O) groups is 3. The van der Waals surface area contributed by atoms with E-state index >= 15 is 17.6 Å². The van der Waals surface area contributed by atoms with Gasteiger partial charge in [-0.3, -0.25) is 9.59 Å². The molecule has 0 saturated carbocycles. The first-order valence-electron chi connectivity index (χ1n) is 13.1. The zero-order valence-electron chi connectivity index (χ0n) is 23.2. The van der Waals surface area contributed by atoms with E-state index in [4.69, 9.17) is 14.2 Å². The van der Waals surface area contributed by atoms with Crippen molar-refractivity contribution in [2.45, 2.75) is 20.0 Å². The van der Waals surface area contributed by atoms with Gasteiger partial charge in [0, 0.05) is 23.3 Å². The Morgan fingerprint density at radius 2 is 1.50 bits per heavy atom. The van der Waals surface area contributed by atoms with Gasteiger partial charge in [-0.25, -0.2) is 13.6 Å². The quantitative estimate of drug-likeness (QED) is 0.0772. The van der Waals surface area contributed by atoms with Crippen molar-refractivity contribution < 1.29 is 46.2 Å². The zero-order chi connectivity index (χ0) is 31.6. The summed E-state index contributed by atoms with van der Waals surface area (Å²) in [6.45, 7) is 2.98. The molecule has 0 amide bonds. The van der Waals surface area contributed by atoms with E-state index in [2.05, 4.69) is 0 Å². The number of carbonyl (C=O) groups excluding carboxylic acids is 3. The number of aryl methyl sites for hydroxylation is 1. The number of alkyl halides is 2. The van der Waals surface area contributed by atoms with Crippen LogP contribution in [0.3, 0.4) is 0 Å². The number of hydrogen-bond donors (Lipinski definition) is 0. The van der Waals surface area contributed by atoms with Crippen LogP contribution in [-0.2, 0) is 10.9 Å². The van der Waals surface area contributed by atoms with E-state index < -0.39 is 41.0 Å². The Morgan fingerprint density at radius 1 is 0.795 bits per heavy atom. The Hall–Kier alpha value is -5.51. The lowest BCUT2D eigenvalue weighted by Crippen LogP contribution is -2.24. The lowest BCUT2D eigenvalue weighted by molar-refractivity contribution is -0.187. The molecule has 44 heavy (non-hydrogen) atoms. The molecule has 0 bridgehead atoms. The molecule has 0 atom stereocenters. The zero-order valence-corrected chi connectivity index (χ0v) is 23.2. The van der Waals surface area contributed by atoms with Crippen LogP contribution in [0.1, 0.15) is 38.8 Å². The maximum Gasteiger partial charge on any atom is 0.429 e. The van der Waals surface area contributed by atoms with E-state index in [-0.39, 0.29) is 44.5 Å². The van der Waals surface area contributed by atoms with E-state index in [0.29, 0.717) is 12.4 Å². The second-order valence-electron chi connectivity index (χ2n) is 9.74. The predicted octanol–water partition coefficient (Wildman–Crippen LogP) is 8.18. The lowest BCUT2D eigenvalue weighted by atomic mass is 10.0. The van der Waals surface area contributed by atoms with E-state index in [1.807, 2.05) is 0 Å². The Morgan fingerprint density at radius 3 is 2.16 bits per heavy atom. The van der Waals surface area contributed by atoms with Crippen LogP contribution >= 0.6 is 0 Å². The second kappa shape index (κ2) is 12.0. The first-order valence-corrected chi connectivity index (χ1v) is 13.1. The topological polar surface area (TPSA) is 78.9 Å². The first kappa shape index (κ1) is 30.0. The summed E-state index contributed by atoms with van der Waals surface area (Å²) >= 11 is 0. The number of fused-ring (bicyclic) bond motifs is 1. The number of halogens is 4. The average molecular weight is 603 g/mol. The third kappa shape index (κ3) is 6.00. The summed E-state index contributed by atoms with van der Waals surface area (Å²) in [5, 5.41) is 0.123. The van der Waals surface area contributed by atoms with Crippen molar-refractivity contribution in [2.75, 3.05) is 0 Å². The lowest BCUT2D eigenvalue weighted by Gasteiger charge is -2.22. The highest BCUT2D eigenvalue weighted by atomic mass is 19.3. The van der Waals surface area contributed by atoms with Gasteiger partial charge < -0.3 is 14.2 Å². The van der Waals surface area contributed by atoms with Crippen LogP contribution < -0.4 is 14.2 Å². The van der Waals surface area contributed by atoms with Crippen LogP contribution in [0.25, 0.3) is 21.9 Å². The van der Waals surface area contributed by atoms with E-state index in [0.717, 1.165) is 17.7 Å². The summed E-state index contributed by atoms with van der Waals surface area (Å²) in [5.41, 5.74) is -0.842. The molecule has 0 heterocycles. The number of esters is 2. The Labute approximate surface area is 248 Å². The van der Waals surface area contributed by atoms with Gasteiger partial charge >= 0.3 is 18.0 Å². The minimum Gasteiger partial charge on any atom is -0.428 e. The fourth-order valence-electron chi connectivity index (χ4n) is 4.60. The van der Waals surface area contributed by atoms with E-state index in [1.54, 1.807) is 25.1 Å². The molecule has 0 N–H and O–H groups in total. The standard InChI is InChI=1S/C34H22F4O6/c1-19-6-5-7-22(16-19)33(41)43-32-23(18-39)17-29(26-8-3-4-9-27(26)32)44-34(37,38)28-15-14-25(30(35)31(28)36)21-10-12-24(13-11-21)42-20(2)40/h3-18H,1-2H3. The van der Waals surface area contributed by atoms with Crippen LogP contribution in [0.15, 0.2) is 91.0 Å². The van der Waals surface area contributed by atoms with Crippen LogP contribution in [0.2, 0.25) is 0 Å². The smallest absolute Gasteiger partial charge is 0.428 e. The molecule has 5 aromatic rings. The summed E-state index contributed by atoms with van der Waals surface area (Å²) in [5.74, 6) is -5.31. The molecular formula is C34H22F4O6. The number of aldehydes is 1. The van der Waals surface area contributed by atoms with Crippen LogP contribution in [-0.4, -0.2) is 18.2 Å². The number of rotatable bonds is 8. The summed E-state index contributed by atoms with van der Waals surface area (Å²) in [4.78, 5) is 36.0. The van der Waals surface area contributed by atoms with Crippen molar-refractivity contribution in [1.29, 1.82) is 0 Å². The fourth-order valence-corrected chi connectivity index (χ4v) is 4.60. The van der Waals surface area contributed by atoms with Crippen molar-refractivity contribution in [3.63, 3.8) is 0 Å². The first-order chi connectivity index (χ1) is 21.0. The minimum absolute atomic E-state index is 0.0233. The summed E-state index contributed by atoms with van der Waals surface area (Å²) in [6, 6.07) is 20.4. The molecule has 0 aliphatic rings. The molecule has 0 saturated heterocycles. The summed E-state index contributed by atoms with van der Waals surface area (Å²) in [6.07, 6.45) is -4.09. The van der Waals surface area contributed by atoms with Crippen molar-refractivity contribution in [3.8, 4) is 28.4 Å². The van der Waals surface area contributed by atoms with Crippen molar-refractivity contribution in [3.05, 3.63) is 125 Å². The predicted molar refractivity (Wildman–Crippen MR) is 153 cm³/mol. The van der Waals surface area contributed by atoms with Crippen molar-refractivity contribution in [2.24, 2.45) is 0 Å². The second-order valence-corrected chi connectivity index (χ2v) is 9.74. The highest BCUT2D eigenvalue weighted by Gasteiger charge is 2.40. The molecule has 0 unspecified atom stereocenters. The number of hydrogen-bond acceptors (Lipinski definition) is 6. The number of ether oxygens (including phenoxy) is 3. The SMILES string of the molecule is CC(=O)Oc1ccc(-c2ccc(C(F)(F)Oc3cc(C=O)c(OC(=O)c4cccc(C)c4)c4ccccc34)c(F)c2F)cc1. The Balaban J connectivity index is 1.49. The highest BCUT2D eigenvalue weighted by molar-refractivity contribution is 6.03. The summed E-state index contributed by atoms with van der Waals surface area (Å²) < 4.78 is 76.6. The van der Waals surface area contributed by atoms with Gasteiger partial charge in [-0.1, -0.05) is 60.2 Å². The maximum absolute atomic E-state index is 15.5. The van der Waals surface area contributed by atoms with Gasteiger partial charge in [0.05, 0.1) is 11.1 Å². The maximum atomic E-state index is 15.5. The average Bonchev–Trinajstić information content (AvgIpc) is 2.99. The monoisotopic (exact) mass is 602 g/mol. The normalized spacial score (nSPS) is 11.2. The molecular weight excluding hydrogens is 580 g/mol. The van der Waals surface area contributed by atoms with Gasteiger partial charge in [0.2, 0.25) is 0 Å². The largest absolute Gasteiger partial charge is 0.429 e. The van der Waals surface area contributed by atoms with Gasteiger partial charge in [0.15, 0.2) is 17.9 Å². The summed E-state index contributed by atoms with van der Waals surface area (Å²) in [7, 11) is 0. The van der Waals surface area contributed by atoms with E-state index in [1.165, 1.54) is 61.5 Å². The van der Waals surface area contributed by atoms with Crippen molar-refractivity contribution >= 4 is 29.0 Å². The van der Waals surface area contributed by atoms with Gasteiger partial charge in [-0.2, -0.15) is 8.78 Å². The molecule has 6 nitrogen and oxygen atoms in total. The van der Waals surface area contributed by atoms with Gasteiger partial charge in [-0.05, 0) is 48.9 Å². The van der Waals surface area contributed by atoms with Crippen LogP contribution in [0.5, 0.6) is 17.2 Å². The minimum atomic E-state index is -4.40. The van der Waals surface area contributed by atoms with E-state index in [9.17, 15) is 14.4 Å². The Bertz CT molecular complexity index is 1920. The molecule has 0 aliphatic heterocycles. The molecule has 5 rings (SSSR count). The van der Waals surface area contributed by atoms with Crippen molar-refractivity contribution in [1.82, 2.24) is 0 Å². The van der Waals surface area contributed by atoms with Gasteiger partial charge in [0.1, 0.15) is 22.8 Å². The molecule has 222 valence electrons. The molecule has 0 aromatic heterocycles.